The number of aryl methyl sites for hydroxylation is 3. The number of unbranched alkanes of at least 4 members (excludes halogenated alkanes) is 1. The molecule has 1 unspecified atom stereocenters. The second kappa shape index (κ2) is 10.3. The Morgan fingerprint density at radius 3 is 2.60 bits per heavy atom. The van der Waals surface area contributed by atoms with Crippen LogP contribution in [0.4, 0.5) is 0 Å². The Kier molecular flexibility index (Phi) is 7.50. The molecular weight excluding hydrogens is 374 g/mol. The number of hydrogen-bond donors (Lipinski definition) is 1. The highest BCUT2D eigenvalue weighted by Gasteiger charge is 2.17. The van der Waals surface area contributed by atoms with Gasteiger partial charge < -0.3 is 14.6 Å². The van der Waals surface area contributed by atoms with Crippen molar-refractivity contribution in [3.05, 3.63) is 59.4 Å². The lowest BCUT2D eigenvalue weighted by molar-refractivity contribution is -0.121. The third-order valence-corrected chi connectivity index (χ3v) is 5.17. The zero-order valence-corrected chi connectivity index (χ0v) is 18.6. The first-order valence-corrected chi connectivity index (χ1v) is 10.9. The molecule has 160 valence electrons. The van der Waals surface area contributed by atoms with Gasteiger partial charge in [-0.25, -0.2) is 4.98 Å². The molecule has 3 rings (SSSR count). The van der Waals surface area contributed by atoms with Crippen LogP contribution in [0.25, 0.3) is 11.0 Å². The van der Waals surface area contributed by atoms with Crippen molar-refractivity contribution < 1.29 is 9.53 Å². The molecule has 1 amide bonds. The van der Waals surface area contributed by atoms with Crippen LogP contribution < -0.4 is 10.1 Å². The van der Waals surface area contributed by atoms with Crippen molar-refractivity contribution in [2.45, 2.75) is 66.0 Å². The molecular formula is C25H33N3O2. The summed E-state index contributed by atoms with van der Waals surface area (Å²) in [5.41, 5.74) is 4.52. The van der Waals surface area contributed by atoms with Crippen LogP contribution in [0.3, 0.4) is 0 Å². The van der Waals surface area contributed by atoms with E-state index in [-0.39, 0.29) is 11.9 Å². The van der Waals surface area contributed by atoms with E-state index in [1.54, 1.807) is 0 Å². The Morgan fingerprint density at radius 2 is 1.87 bits per heavy atom. The molecule has 3 aromatic rings. The van der Waals surface area contributed by atoms with Gasteiger partial charge in [0, 0.05) is 13.0 Å². The van der Waals surface area contributed by atoms with Crippen molar-refractivity contribution in [3.8, 4) is 5.75 Å². The first-order chi connectivity index (χ1) is 14.5. The number of rotatable bonds is 10. The third kappa shape index (κ3) is 5.62. The number of aromatic nitrogens is 2. The summed E-state index contributed by atoms with van der Waals surface area (Å²) >= 11 is 0. The number of benzene rings is 2. The van der Waals surface area contributed by atoms with Gasteiger partial charge in [0.25, 0.3) is 0 Å². The summed E-state index contributed by atoms with van der Waals surface area (Å²) in [6.45, 7) is 9.74. The SMILES string of the molecule is CCCC(=O)NC(C)c1nc2ccccc2n1CCCCOc1cc(C)cc(C)c1. The van der Waals surface area contributed by atoms with E-state index in [9.17, 15) is 4.79 Å². The molecule has 1 N–H and O–H groups in total. The number of ether oxygens (including phenoxy) is 1. The molecule has 1 aromatic heterocycles. The minimum atomic E-state index is -0.122. The molecule has 0 fully saturated rings. The highest BCUT2D eigenvalue weighted by Crippen LogP contribution is 2.22. The van der Waals surface area contributed by atoms with E-state index < -0.39 is 0 Å². The number of hydrogen-bond acceptors (Lipinski definition) is 3. The van der Waals surface area contributed by atoms with Crippen LogP contribution >= 0.6 is 0 Å². The van der Waals surface area contributed by atoms with E-state index in [1.165, 1.54) is 11.1 Å². The van der Waals surface area contributed by atoms with Gasteiger partial charge >= 0.3 is 0 Å². The maximum atomic E-state index is 12.1. The molecule has 5 nitrogen and oxygen atoms in total. The number of carbonyl (C=O) groups is 1. The topological polar surface area (TPSA) is 56.2 Å². The summed E-state index contributed by atoms with van der Waals surface area (Å²) in [7, 11) is 0. The Hall–Kier alpha value is -2.82. The Balaban J connectivity index is 1.63. The van der Waals surface area contributed by atoms with E-state index in [2.05, 4.69) is 48.0 Å². The molecule has 0 saturated heterocycles. The fourth-order valence-electron chi connectivity index (χ4n) is 3.84. The van der Waals surface area contributed by atoms with Crippen LogP contribution in [0.5, 0.6) is 5.75 Å². The van der Waals surface area contributed by atoms with E-state index in [0.717, 1.165) is 48.4 Å². The Morgan fingerprint density at radius 1 is 1.13 bits per heavy atom. The fourth-order valence-corrected chi connectivity index (χ4v) is 3.84. The monoisotopic (exact) mass is 407 g/mol. The van der Waals surface area contributed by atoms with E-state index in [4.69, 9.17) is 9.72 Å². The van der Waals surface area contributed by atoms with E-state index in [0.29, 0.717) is 13.0 Å². The second-order valence-electron chi connectivity index (χ2n) is 8.03. The predicted octanol–water partition coefficient (Wildman–Crippen LogP) is 5.49. The lowest BCUT2D eigenvalue weighted by Crippen LogP contribution is -2.28. The first kappa shape index (κ1) is 21.9. The Labute approximate surface area is 179 Å². The van der Waals surface area contributed by atoms with Crippen molar-refractivity contribution in [2.75, 3.05) is 6.61 Å². The van der Waals surface area contributed by atoms with Crippen LogP contribution in [0, 0.1) is 13.8 Å². The van der Waals surface area contributed by atoms with Crippen LogP contribution in [-0.4, -0.2) is 22.1 Å². The number of nitrogens with one attached hydrogen (secondary N) is 1. The molecule has 0 aliphatic heterocycles. The van der Waals surface area contributed by atoms with Gasteiger partial charge in [-0.3, -0.25) is 4.79 Å². The van der Waals surface area contributed by atoms with Gasteiger partial charge in [0.2, 0.25) is 5.91 Å². The predicted molar refractivity (Wildman–Crippen MR) is 122 cm³/mol. The van der Waals surface area contributed by atoms with Gasteiger partial charge in [-0.05, 0) is 75.4 Å². The standard InChI is InChI=1S/C25H33N3O2/c1-5-10-24(29)26-20(4)25-27-22-11-6-7-12-23(22)28(25)13-8-9-14-30-21-16-18(2)15-19(3)17-21/h6-7,11-12,15-17,20H,5,8-10,13-14H2,1-4H3,(H,26,29). The van der Waals surface area contributed by atoms with Gasteiger partial charge in [0.15, 0.2) is 0 Å². The maximum Gasteiger partial charge on any atom is 0.220 e. The molecule has 1 heterocycles. The third-order valence-electron chi connectivity index (χ3n) is 5.17. The zero-order valence-electron chi connectivity index (χ0n) is 18.6. The van der Waals surface area contributed by atoms with Crippen molar-refractivity contribution in [1.82, 2.24) is 14.9 Å². The van der Waals surface area contributed by atoms with E-state index in [1.807, 2.05) is 32.0 Å². The molecule has 0 aliphatic rings. The van der Waals surface area contributed by atoms with Crippen LogP contribution in [-0.2, 0) is 11.3 Å². The van der Waals surface area contributed by atoms with Gasteiger partial charge in [-0.15, -0.1) is 0 Å². The minimum absolute atomic E-state index is 0.0745. The molecule has 30 heavy (non-hydrogen) atoms. The molecule has 1 atom stereocenters. The number of carbonyl (C=O) groups excluding carboxylic acids is 1. The highest BCUT2D eigenvalue weighted by atomic mass is 16.5. The number of fused-ring (bicyclic) bond motifs is 1. The summed E-state index contributed by atoms with van der Waals surface area (Å²) < 4.78 is 8.19. The number of nitrogens with zero attached hydrogens (tertiary/aromatic N) is 2. The molecule has 5 heteroatoms. The molecule has 0 radical (unpaired) electrons. The summed E-state index contributed by atoms with van der Waals surface area (Å²) in [5, 5.41) is 3.09. The lowest BCUT2D eigenvalue weighted by atomic mass is 10.1. The second-order valence-corrected chi connectivity index (χ2v) is 8.03. The normalized spacial score (nSPS) is 12.1. The summed E-state index contributed by atoms with van der Waals surface area (Å²) in [6, 6.07) is 14.3. The van der Waals surface area contributed by atoms with Gasteiger partial charge in [0.1, 0.15) is 11.6 Å². The molecule has 0 saturated carbocycles. The van der Waals surface area contributed by atoms with Gasteiger partial charge in [-0.1, -0.05) is 25.1 Å². The molecule has 2 aromatic carbocycles. The summed E-state index contributed by atoms with van der Waals surface area (Å²) in [5.74, 6) is 1.93. The zero-order chi connectivity index (χ0) is 21.5. The van der Waals surface area contributed by atoms with Crippen molar-refractivity contribution in [1.29, 1.82) is 0 Å². The number of amides is 1. The van der Waals surface area contributed by atoms with Crippen LogP contribution in [0.2, 0.25) is 0 Å². The largest absolute Gasteiger partial charge is 0.494 e. The van der Waals surface area contributed by atoms with Gasteiger partial charge in [-0.2, -0.15) is 0 Å². The Bertz CT molecular complexity index is 973. The summed E-state index contributed by atoms with van der Waals surface area (Å²) in [4.78, 5) is 16.9. The average Bonchev–Trinajstić information content (AvgIpc) is 3.06. The first-order valence-electron chi connectivity index (χ1n) is 10.9. The average molecular weight is 408 g/mol. The molecule has 0 spiro atoms. The number of para-hydroxylation sites is 2. The van der Waals surface area contributed by atoms with Crippen LogP contribution in [0.1, 0.15) is 62.5 Å². The highest BCUT2D eigenvalue weighted by molar-refractivity contribution is 5.78. The molecule has 0 aliphatic carbocycles. The van der Waals surface area contributed by atoms with Crippen molar-refractivity contribution in [2.24, 2.45) is 0 Å². The quantitative estimate of drug-likeness (QED) is 0.452. The number of imidazole rings is 1. The van der Waals surface area contributed by atoms with Gasteiger partial charge in [0.05, 0.1) is 23.7 Å². The molecule has 0 bridgehead atoms. The fraction of sp³-hybridized carbons (Fsp3) is 0.440. The minimum Gasteiger partial charge on any atom is -0.494 e. The van der Waals surface area contributed by atoms with Crippen molar-refractivity contribution >= 4 is 16.9 Å². The summed E-state index contributed by atoms with van der Waals surface area (Å²) in [6.07, 6.45) is 3.32. The smallest absolute Gasteiger partial charge is 0.220 e. The maximum absolute atomic E-state index is 12.1. The van der Waals surface area contributed by atoms with E-state index >= 15 is 0 Å². The van der Waals surface area contributed by atoms with Crippen molar-refractivity contribution in [3.63, 3.8) is 0 Å². The van der Waals surface area contributed by atoms with Crippen LogP contribution in [0.15, 0.2) is 42.5 Å². The lowest BCUT2D eigenvalue weighted by Gasteiger charge is -2.16.